The van der Waals surface area contributed by atoms with Crippen molar-refractivity contribution in [3.8, 4) is 0 Å². The van der Waals surface area contributed by atoms with Gasteiger partial charge < -0.3 is 9.88 Å². The molecule has 5 nitrogen and oxygen atoms in total. The first-order chi connectivity index (χ1) is 14.9. The predicted molar refractivity (Wildman–Crippen MR) is 123 cm³/mol. The van der Waals surface area contributed by atoms with Gasteiger partial charge in [-0.3, -0.25) is 14.5 Å². The van der Waals surface area contributed by atoms with Crippen LogP contribution in [0.2, 0.25) is 0 Å². The van der Waals surface area contributed by atoms with Crippen LogP contribution in [0.5, 0.6) is 0 Å². The third-order valence-electron chi connectivity index (χ3n) is 7.12. The first-order valence-electron chi connectivity index (χ1n) is 11.2. The van der Waals surface area contributed by atoms with Gasteiger partial charge in [-0.05, 0) is 69.0 Å². The van der Waals surface area contributed by atoms with Crippen LogP contribution in [-0.4, -0.2) is 28.0 Å². The van der Waals surface area contributed by atoms with E-state index in [4.69, 9.17) is 0 Å². The molecule has 3 aromatic rings. The van der Waals surface area contributed by atoms with Crippen molar-refractivity contribution in [1.29, 1.82) is 0 Å². The number of hydrogen-bond acceptors (Lipinski definition) is 2. The number of para-hydroxylation sites is 1. The molecule has 1 saturated carbocycles. The fourth-order valence-electron chi connectivity index (χ4n) is 5.13. The number of aromatic nitrogens is 1. The van der Waals surface area contributed by atoms with Crippen LogP contribution >= 0.6 is 0 Å². The molecule has 1 aliphatic carbocycles. The lowest BCUT2D eigenvalue weighted by atomic mass is 9.92. The number of nitrogens with one attached hydrogen (secondary N) is 1. The summed E-state index contributed by atoms with van der Waals surface area (Å²) in [5.74, 6) is -0.204. The molecular weight excluding hydrogens is 386 g/mol. The molecule has 2 amide bonds. The van der Waals surface area contributed by atoms with Gasteiger partial charge in [0.15, 0.2) is 0 Å². The van der Waals surface area contributed by atoms with Crippen molar-refractivity contribution in [2.45, 2.75) is 64.6 Å². The molecule has 0 bridgehead atoms. The van der Waals surface area contributed by atoms with Gasteiger partial charge >= 0.3 is 0 Å². The van der Waals surface area contributed by atoms with Crippen LogP contribution in [0.25, 0.3) is 10.9 Å². The molecule has 31 heavy (non-hydrogen) atoms. The SMILES string of the molecule is Cc1ccc(N2C(=O)c3cc4ccccc4n3C[C@@]2(C)C(=O)NC2CCCC2)cc1C. The van der Waals surface area contributed by atoms with Gasteiger partial charge in [-0.1, -0.05) is 37.1 Å². The number of aryl methyl sites for hydroxylation is 2. The average Bonchev–Trinajstić information content (AvgIpc) is 3.38. The van der Waals surface area contributed by atoms with Crippen molar-refractivity contribution in [3.05, 3.63) is 65.4 Å². The lowest BCUT2D eigenvalue weighted by Gasteiger charge is -2.44. The Kier molecular flexibility index (Phi) is 4.65. The Bertz CT molecular complexity index is 1190. The Hall–Kier alpha value is -3.08. The highest BCUT2D eigenvalue weighted by atomic mass is 16.2. The summed E-state index contributed by atoms with van der Waals surface area (Å²) in [4.78, 5) is 29.3. The minimum absolute atomic E-state index is 0.0746. The maximum Gasteiger partial charge on any atom is 0.275 e. The highest BCUT2D eigenvalue weighted by Crippen LogP contribution is 2.37. The zero-order valence-electron chi connectivity index (χ0n) is 18.4. The summed E-state index contributed by atoms with van der Waals surface area (Å²) in [5.41, 5.74) is 3.65. The van der Waals surface area contributed by atoms with E-state index in [9.17, 15) is 9.59 Å². The third-order valence-corrected chi connectivity index (χ3v) is 7.12. The van der Waals surface area contributed by atoms with E-state index in [1.165, 1.54) is 5.56 Å². The van der Waals surface area contributed by atoms with Crippen molar-refractivity contribution in [1.82, 2.24) is 9.88 Å². The maximum atomic E-state index is 13.9. The van der Waals surface area contributed by atoms with E-state index < -0.39 is 5.54 Å². The third kappa shape index (κ3) is 3.14. The molecule has 1 aromatic heterocycles. The van der Waals surface area contributed by atoms with E-state index in [0.29, 0.717) is 12.2 Å². The fraction of sp³-hybridized carbons (Fsp3) is 0.385. The topological polar surface area (TPSA) is 54.3 Å². The second-order valence-electron chi connectivity index (χ2n) is 9.31. The molecule has 5 rings (SSSR count). The van der Waals surface area contributed by atoms with Crippen molar-refractivity contribution in [2.75, 3.05) is 4.90 Å². The molecule has 160 valence electrons. The van der Waals surface area contributed by atoms with Crippen LogP contribution in [-0.2, 0) is 11.3 Å². The van der Waals surface area contributed by atoms with Gasteiger partial charge in [0.2, 0.25) is 5.91 Å². The van der Waals surface area contributed by atoms with Crippen LogP contribution in [0.3, 0.4) is 0 Å². The number of fused-ring (bicyclic) bond motifs is 3. The molecule has 1 N–H and O–H groups in total. The van der Waals surface area contributed by atoms with E-state index in [2.05, 4.69) is 12.2 Å². The summed E-state index contributed by atoms with van der Waals surface area (Å²) < 4.78 is 2.02. The van der Waals surface area contributed by atoms with Crippen molar-refractivity contribution in [3.63, 3.8) is 0 Å². The van der Waals surface area contributed by atoms with Gasteiger partial charge in [-0.25, -0.2) is 0 Å². The largest absolute Gasteiger partial charge is 0.351 e. The van der Waals surface area contributed by atoms with Crippen LogP contribution < -0.4 is 10.2 Å². The summed E-state index contributed by atoms with van der Waals surface area (Å²) in [6.07, 6.45) is 4.32. The van der Waals surface area contributed by atoms with Crippen molar-refractivity contribution >= 4 is 28.4 Å². The Labute approximate surface area is 183 Å². The Morgan fingerprint density at radius 1 is 1.03 bits per heavy atom. The van der Waals surface area contributed by atoms with Crippen LogP contribution in [0.4, 0.5) is 5.69 Å². The monoisotopic (exact) mass is 415 g/mol. The summed E-state index contributed by atoms with van der Waals surface area (Å²) in [6, 6.07) is 16.1. The van der Waals surface area contributed by atoms with E-state index in [-0.39, 0.29) is 17.9 Å². The smallest absolute Gasteiger partial charge is 0.275 e. The number of benzene rings is 2. The molecule has 1 aliphatic heterocycles. The zero-order chi connectivity index (χ0) is 21.8. The Morgan fingerprint density at radius 3 is 2.52 bits per heavy atom. The normalized spacial score (nSPS) is 21.5. The number of carbonyl (C=O) groups is 2. The van der Waals surface area contributed by atoms with Crippen LogP contribution in [0.15, 0.2) is 48.5 Å². The zero-order valence-corrected chi connectivity index (χ0v) is 18.4. The highest BCUT2D eigenvalue weighted by Gasteiger charge is 2.49. The standard InChI is InChI=1S/C26H29N3O2/c1-17-12-13-21(14-18(17)2)29-24(30)23-15-19-8-4-7-11-22(19)28(23)16-26(29,3)25(31)27-20-9-5-6-10-20/h4,7-8,11-15,20H,5-6,9-10,16H2,1-3H3,(H,27,31)/t26-/m0/s1. The second kappa shape index (κ2) is 7.26. The van der Waals surface area contributed by atoms with E-state index in [0.717, 1.165) is 47.8 Å². The predicted octanol–water partition coefficient (Wildman–Crippen LogP) is 4.74. The minimum atomic E-state index is -1.02. The fourth-order valence-corrected chi connectivity index (χ4v) is 5.13. The first kappa shape index (κ1) is 19.9. The quantitative estimate of drug-likeness (QED) is 0.672. The highest BCUT2D eigenvalue weighted by molar-refractivity contribution is 6.14. The minimum Gasteiger partial charge on any atom is -0.351 e. The molecule has 1 atom stereocenters. The summed E-state index contributed by atoms with van der Waals surface area (Å²) in [6.45, 7) is 6.43. The summed E-state index contributed by atoms with van der Waals surface area (Å²) in [5, 5.41) is 4.28. The van der Waals surface area contributed by atoms with Crippen molar-refractivity contribution in [2.24, 2.45) is 0 Å². The van der Waals surface area contributed by atoms with E-state index >= 15 is 0 Å². The van der Waals surface area contributed by atoms with Gasteiger partial charge in [0.25, 0.3) is 5.91 Å². The van der Waals surface area contributed by atoms with E-state index in [1.54, 1.807) is 4.90 Å². The molecule has 5 heteroatoms. The molecule has 0 unspecified atom stereocenters. The average molecular weight is 416 g/mol. The number of rotatable bonds is 3. The Morgan fingerprint density at radius 2 is 1.77 bits per heavy atom. The van der Waals surface area contributed by atoms with E-state index in [1.807, 2.05) is 66.9 Å². The number of nitrogens with zero attached hydrogens (tertiary/aromatic N) is 2. The first-order valence-corrected chi connectivity index (χ1v) is 11.2. The number of anilines is 1. The van der Waals surface area contributed by atoms with Gasteiger partial charge in [0.1, 0.15) is 11.2 Å². The van der Waals surface area contributed by atoms with Crippen LogP contribution in [0.1, 0.15) is 54.2 Å². The Balaban J connectivity index is 1.65. The molecule has 2 aliphatic rings. The van der Waals surface area contributed by atoms with Crippen molar-refractivity contribution < 1.29 is 9.59 Å². The summed E-state index contributed by atoms with van der Waals surface area (Å²) in [7, 11) is 0. The number of carbonyl (C=O) groups excluding carboxylic acids is 2. The van der Waals surface area contributed by atoms with Gasteiger partial charge in [0.05, 0.1) is 6.54 Å². The molecule has 0 radical (unpaired) electrons. The number of amides is 2. The van der Waals surface area contributed by atoms with Gasteiger partial charge in [0, 0.05) is 22.6 Å². The molecule has 1 fully saturated rings. The molecule has 0 saturated heterocycles. The van der Waals surface area contributed by atoms with Crippen LogP contribution in [0, 0.1) is 13.8 Å². The van der Waals surface area contributed by atoms with Gasteiger partial charge in [-0.15, -0.1) is 0 Å². The lowest BCUT2D eigenvalue weighted by molar-refractivity contribution is -0.127. The molecular formula is C26H29N3O2. The lowest BCUT2D eigenvalue weighted by Crippen LogP contribution is -2.65. The van der Waals surface area contributed by atoms with Gasteiger partial charge in [-0.2, -0.15) is 0 Å². The molecule has 0 spiro atoms. The summed E-state index contributed by atoms with van der Waals surface area (Å²) >= 11 is 0. The maximum absolute atomic E-state index is 13.9. The molecule has 2 aromatic carbocycles. The second-order valence-corrected chi connectivity index (χ2v) is 9.31. The molecule has 2 heterocycles. The number of hydrogen-bond donors (Lipinski definition) is 1.